The molecule has 6 nitrogen and oxygen atoms in total. The van der Waals surface area contributed by atoms with E-state index in [9.17, 15) is 8.42 Å². The van der Waals surface area contributed by atoms with Gasteiger partial charge in [-0.3, -0.25) is 0 Å². The Morgan fingerprint density at radius 1 is 0.914 bits per heavy atom. The molecule has 0 bridgehead atoms. The number of likely N-dealkylation sites (tertiary alicyclic amines) is 1. The van der Waals surface area contributed by atoms with Crippen molar-refractivity contribution in [3.63, 3.8) is 0 Å². The van der Waals surface area contributed by atoms with Crippen LogP contribution in [-0.4, -0.2) is 52.8 Å². The zero-order valence-electron chi connectivity index (χ0n) is 20.4. The Balaban J connectivity index is 1.35. The predicted molar refractivity (Wildman–Crippen MR) is 140 cm³/mol. The van der Waals surface area contributed by atoms with Crippen LogP contribution in [0.4, 0.5) is 0 Å². The molecule has 0 radical (unpaired) electrons. The fourth-order valence-corrected chi connectivity index (χ4v) is 5.78. The Kier molecular flexibility index (Phi) is 6.71. The molecule has 0 unspecified atom stereocenters. The Hall–Kier alpha value is -3.03. The highest BCUT2D eigenvalue weighted by atomic mass is 32.2. The molecule has 5 rings (SSSR count). The maximum absolute atomic E-state index is 12.6. The normalized spacial score (nSPS) is 15.2. The van der Waals surface area contributed by atoms with E-state index < -0.39 is 15.1 Å². The molecule has 4 aromatic rings. The van der Waals surface area contributed by atoms with E-state index in [4.69, 9.17) is 0 Å². The Morgan fingerprint density at radius 3 is 2.43 bits per heavy atom. The van der Waals surface area contributed by atoms with Crippen molar-refractivity contribution >= 4 is 15.5 Å². The second-order valence-corrected chi connectivity index (χ2v) is 12.1. The first-order valence-electron chi connectivity index (χ1n) is 12.4. The van der Waals surface area contributed by atoms with Crippen LogP contribution in [0, 0.1) is 0 Å². The highest BCUT2D eigenvalue weighted by molar-refractivity contribution is 7.92. The van der Waals surface area contributed by atoms with E-state index in [0.717, 1.165) is 35.2 Å². The third-order valence-corrected chi connectivity index (χ3v) is 9.06. The molecule has 1 saturated heterocycles. The van der Waals surface area contributed by atoms with Gasteiger partial charge in [0.2, 0.25) is 0 Å². The molecule has 0 aliphatic carbocycles. The first kappa shape index (κ1) is 23.7. The van der Waals surface area contributed by atoms with E-state index in [-0.39, 0.29) is 0 Å². The van der Waals surface area contributed by atoms with E-state index in [0.29, 0.717) is 10.5 Å². The van der Waals surface area contributed by atoms with Crippen LogP contribution in [0.25, 0.3) is 27.9 Å². The second kappa shape index (κ2) is 9.91. The Labute approximate surface area is 207 Å². The molecule has 1 aliphatic heterocycles. The third-order valence-electron chi connectivity index (χ3n) is 6.90. The van der Waals surface area contributed by atoms with E-state index in [1.807, 2.05) is 18.5 Å². The summed E-state index contributed by atoms with van der Waals surface area (Å²) in [5.74, 6) is 0. The molecule has 0 amide bonds. The molecule has 0 saturated carbocycles. The SMILES string of the molecule is CC(C)S(=O)(=O)c1cccc(-c2cnn3cc(-c4ccc(CCN5CCCCC5)cc4)cnc23)c1. The van der Waals surface area contributed by atoms with Gasteiger partial charge in [-0.05, 0) is 75.0 Å². The van der Waals surface area contributed by atoms with Gasteiger partial charge in [0, 0.05) is 30.1 Å². The number of hydrogen-bond donors (Lipinski definition) is 0. The van der Waals surface area contributed by atoms with E-state index >= 15 is 0 Å². The van der Waals surface area contributed by atoms with Crippen LogP contribution >= 0.6 is 0 Å². The van der Waals surface area contributed by atoms with Crippen molar-refractivity contribution in [2.24, 2.45) is 0 Å². The average Bonchev–Trinajstić information content (AvgIpc) is 3.32. The second-order valence-electron chi connectivity index (χ2n) is 9.64. The Bertz CT molecular complexity index is 1420. The van der Waals surface area contributed by atoms with Crippen molar-refractivity contribution in [2.45, 2.75) is 49.7 Å². The molecular weight excluding hydrogens is 456 g/mol. The highest BCUT2D eigenvalue weighted by Gasteiger charge is 2.20. The molecule has 182 valence electrons. The minimum absolute atomic E-state index is 0.321. The zero-order chi connectivity index (χ0) is 24.4. The number of nitrogens with zero attached hydrogens (tertiary/aromatic N) is 4. The first-order valence-corrected chi connectivity index (χ1v) is 14.0. The minimum atomic E-state index is -3.35. The third kappa shape index (κ3) is 5.02. The molecule has 0 atom stereocenters. The number of aromatic nitrogens is 3. The summed E-state index contributed by atoms with van der Waals surface area (Å²) >= 11 is 0. The molecule has 3 heterocycles. The minimum Gasteiger partial charge on any atom is -0.303 e. The summed E-state index contributed by atoms with van der Waals surface area (Å²) in [6.07, 6.45) is 10.7. The summed E-state index contributed by atoms with van der Waals surface area (Å²) in [6, 6.07) is 15.7. The fraction of sp³-hybridized carbons (Fsp3) is 0.357. The molecule has 1 fully saturated rings. The molecule has 2 aromatic carbocycles. The summed E-state index contributed by atoms with van der Waals surface area (Å²) in [5, 5.41) is 4.03. The number of benzene rings is 2. The van der Waals surface area contributed by atoms with Crippen LogP contribution in [0.15, 0.2) is 72.0 Å². The standard InChI is InChI=1S/C28H32N4O2S/c1-21(2)35(33,34)26-8-6-7-24(17-26)27-19-30-32-20-25(18-29-28(27)32)23-11-9-22(10-12-23)13-16-31-14-4-3-5-15-31/h6-12,17-21H,3-5,13-16H2,1-2H3. The van der Waals surface area contributed by atoms with Crippen LogP contribution in [0.3, 0.4) is 0 Å². The molecule has 35 heavy (non-hydrogen) atoms. The maximum atomic E-state index is 12.6. The van der Waals surface area contributed by atoms with Crippen molar-refractivity contribution in [1.29, 1.82) is 0 Å². The topological polar surface area (TPSA) is 67.6 Å². The van der Waals surface area contributed by atoms with Crippen molar-refractivity contribution in [1.82, 2.24) is 19.5 Å². The number of fused-ring (bicyclic) bond motifs is 1. The van der Waals surface area contributed by atoms with Gasteiger partial charge in [-0.15, -0.1) is 0 Å². The van der Waals surface area contributed by atoms with Gasteiger partial charge in [0.1, 0.15) is 0 Å². The zero-order valence-corrected chi connectivity index (χ0v) is 21.2. The molecule has 0 N–H and O–H groups in total. The van der Waals surface area contributed by atoms with Gasteiger partial charge in [0.05, 0.1) is 16.3 Å². The number of rotatable bonds is 7. The first-order chi connectivity index (χ1) is 16.9. The van der Waals surface area contributed by atoms with Gasteiger partial charge in [-0.25, -0.2) is 17.9 Å². The summed E-state index contributed by atoms with van der Waals surface area (Å²) in [6.45, 7) is 6.98. The summed E-state index contributed by atoms with van der Waals surface area (Å²) in [7, 11) is -3.35. The van der Waals surface area contributed by atoms with Gasteiger partial charge < -0.3 is 4.90 Å². The van der Waals surface area contributed by atoms with Crippen LogP contribution in [-0.2, 0) is 16.3 Å². The lowest BCUT2D eigenvalue weighted by atomic mass is 10.0. The van der Waals surface area contributed by atoms with Crippen molar-refractivity contribution in [2.75, 3.05) is 19.6 Å². The van der Waals surface area contributed by atoms with Crippen LogP contribution < -0.4 is 0 Å². The van der Waals surface area contributed by atoms with Gasteiger partial charge in [-0.1, -0.05) is 42.8 Å². The fourth-order valence-electron chi connectivity index (χ4n) is 4.67. The van der Waals surface area contributed by atoms with Crippen LogP contribution in [0.2, 0.25) is 0 Å². The van der Waals surface area contributed by atoms with E-state index in [1.54, 1.807) is 42.8 Å². The van der Waals surface area contributed by atoms with Gasteiger partial charge in [0.15, 0.2) is 15.5 Å². The molecule has 2 aromatic heterocycles. The van der Waals surface area contributed by atoms with Crippen LogP contribution in [0.1, 0.15) is 38.7 Å². The van der Waals surface area contributed by atoms with E-state index in [1.165, 1.54) is 37.9 Å². The monoisotopic (exact) mass is 488 g/mol. The van der Waals surface area contributed by atoms with Gasteiger partial charge >= 0.3 is 0 Å². The van der Waals surface area contributed by atoms with Crippen molar-refractivity contribution in [3.8, 4) is 22.3 Å². The predicted octanol–water partition coefficient (Wildman–Crippen LogP) is 5.27. The van der Waals surface area contributed by atoms with Gasteiger partial charge in [0.25, 0.3) is 0 Å². The summed E-state index contributed by atoms with van der Waals surface area (Å²) in [5.41, 5.74) is 5.75. The lowest BCUT2D eigenvalue weighted by Gasteiger charge is -2.26. The quantitative estimate of drug-likeness (QED) is 0.354. The number of sulfone groups is 1. The molecule has 0 spiro atoms. The summed E-state index contributed by atoms with van der Waals surface area (Å²) < 4.78 is 27.0. The molecule has 7 heteroatoms. The van der Waals surface area contributed by atoms with Gasteiger partial charge in [-0.2, -0.15) is 5.10 Å². The highest BCUT2D eigenvalue weighted by Crippen LogP contribution is 2.28. The van der Waals surface area contributed by atoms with Crippen molar-refractivity contribution < 1.29 is 8.42 Å². The number of hydrogen-bond acceptors (Lipinski definition) is 5. The van der Waals surface area contributed by atoms with Crippen molar-refractivity contribution in [3.05, 3.63) is 72.7 Å². The smallest absolute Gasteiger partial charge is 0.180 e. The largest absolute Gasteiger partial charge is 0.303 e. The Morgan fingerprint density at radius 2 is 1.69 bits per heavy atom. The lowest BCUT2D eigenvalue weighted by molar-refractivity contribution is 0.231. The lowest BCUT2D eigenvalue weighted by Crippen LogP contribution is -2.31. The maximum Gasteiger partial charge on any atom is 0.180 e. The number of piperidine rings is 1. The summed E-state index contributed by atoms with van der Waals surface area (Å²) in [4.78, 5) is 7.57. The molecular formula is C28H32N4O2S. The van der Waals surface area contributed by atoms with Crippen LogP contribution in [0.5, 0.6) is 0 Å². The van der Waals surface area contributed by atoms with E-state index in [2.05, 4.69) is 39.2 Å². The molecule has 1 aliphatic rings. The average molecular weight is 489 g/mol.